The first-order chi connectivity index (χ1) is 6.02. The van der Waals surface area contributed by atoms with Gasteiger partial charge < -0.3 is 5.11 Å². The molecule has 0 aromatic carbocycles. The molecule has 0 spiro atoms. The number of rotatable bonds is 6. The van der Waals surface area contributed by atoms with Crippen LogP contribution in [-0.2, 0) is 9.59 Å². The zero-order valence-electron chi connectivity index (χ0n) is 8.04. The number of hydrogen-bond acceptors (Lipinski definition) is 3. The quantitative estimate of drug-likeness (QED) is 0.462. The monoisotopic (exact) mass is 188 g/mol. The number of hydrazine groups is 1. The number of aliphatic carboxylic acids is 1. The van der Waals surface area contributed by atoms with Crippen LogP contribution in [0.2, 0.25) is 0 Å². The van der Waals surface area contributed by atoms with Crippen LogP contribution < -0.4 is 5.43 Å². The summed E-state index contributed by atoms with van der Waals surface area (Å²) in [6.45, 7) is 0. The third kappa shape index (κ3) is 8.81. The summed E-state index contributed by atoms with van der Waals surface area (Å²) in [6.07, 6.45) is 1.68. The summed E-state index contributed by atoms with van der Waals surface area (Å²) in [4.78, 5) is 21.1. The van der Waals surface area contributed by atoms with Crippen molar-refractivity contribution in [3.63, 3.8) is 0 Å². The van der Waals surface area contributed by atoms with Gasteiger partial charge in [0.2, 0.25) is 5.91 Å². The van der Waals surface area contributed by atoms with E-state index in [-0.39, 0.29) is 12.3 Å². The van der Waals surface area contributed by atoms with Gasteiger partial charge in [0.15, 0.2) is 0 Å². The van der Waals surface area contributed by atoms with E-state index in [4.69, 9.17) is 5.11 Å². The predicted octanol–water partition coefficient (Wildman–Crippen LogP) is 0.224. The molecule has 0 saturated carbocycles. The van der Waals surface area contributed by atoms with Crippen LogP contribution in [0, 0.1) is 0 Å². The summed E-state index contributed by atoms with van der Waals surface area (Å²) in [7, 11) is 3.46. The van der Waals surface area contributed by atoms with Gasteiger partial charge in [-0.1, -0.05) is 0 Å². The molecule has 0 aromatic rings. The molecule has 0 unspecified atom stereocenters. The van der Waals surface area contributed by atoms with Gasteiger partial charge >= 0.3 is 5.97 Å². The highest BCUT2D eigenvalue weighted by Gasteiger charge is 2.02. The molecule has 0 bridgehead atoms. The standard InChI is InChI=1S/C8H16N2O3/c1-10(2)9-7(11)5-3-4-6-8(12)13/h3-6H2,1-2H3,(H,9,11)(H,12,13). The minimum atomic E-state index is -0.812. The summed E-state index contributed by atoms with van der Waals surface area (Å²) in [6, 6.07) is 0. The van der Waals surface area contributed by atoms with E-state index in [2.05, 4.69) is 5.43 Å². The molecule has 76 valence electrons. The number of nitrogens with one attached hydrogen (secondary N) is 1. The fourth-order valence-electron chi connectivity index (χ4n) is 0.867. The Hall–Kier alpha value is -1.10. The van der Waals surface area contributed by atoms with Gasteiger partial charge in [-0.3, -0.25) is 15.0 Å². The molecule has 0 saturated heterocycles. The third-order valence-corrected chi connectivity index (χ3v) is 1.39. The lowest BCUT2D eigenvalue weighted by molar-refractivity contribution is -0.137. The van der Waals surface area contributed by atoms with E-state index < -0.39 is 5.97 Å². The first-order valence-electron chi connectivity index (χ1n) is 4.21. The van der Waals surface area contributed by atoms with Crippen LogP contribution in [-0.4, -0.2) is 36.1 Å². The highest BCUT2D eigenvalue weighted by atomic mass is 16.4. The van der Waals surface area contributed by atoms with Gasteiger partial charge in [-0.25, -0.2) is 5.01 Å². The lowest BCUT2D eigenvalue weighted by Crippen LogP contribution is -2.35. The lowest BCUT2D eigenvalue weighted by Gasteiger charge is -2.10. The van der Waals surface area contributed by atoms with Gasteiger partial charge in [0.1, 0.15) is 0 Å². The zero-order valence-corrected chi connectivity index (χ0v) is 8.04. The van der Waals surface area contributed by atoms with Crippen molar-refractivity contribution in [2.24, 2.45) is 0 Å². The van der Waals surface area contributed by atoms with E-state index >= 15 is 0 Å². The van der Waals surface area contributed by atoms with E-state index in [1.54, 1.807) is 19.1 Å². The largest absolute Gasteiger partial charge is 0.481 e. The molecule has 0 radical (unpaired) electrons. The van der Waals surface area contributed by atoms with Crippen molar-refractivity contribution in [1.82, 2.24) is 10.4 Å². The molecule has 0 aliphatic heterocycles. The number of carboxylic acids is 1. The number of carboxylic acid groups (broad SMARTS) is 1. The molecule has 0 aliphatic rings. The van der Waals surface area contributed by atoms with E-state index in [1.807, 2.05) is 0 Å². The SMILES string of the molecule is CN(C)NC(=O)CCCCC(=O)O. The second-order valence-electron chi connectivity index (χ2n) is 3.03. The fourth-order valence-corrected chi connectivity index (χ4v) is 0.867. The Morgan fingerprint density at radius 1 is 1.23 bits per heavy atom. The third-order valence-electron chi connectivity index (χ3n) is 1.39. The van der Waals surface area contributed by atoms with Crippen LogP contribution in [0.25, 0.3) is 0 Å². The molecule has 0 heterocycles. The predicted molar refractivity (Wildman–Crippen MR) is 47.9 cm³/mol. The van der Waals surface area contributed by atoms with E-state index in [1.165, 1.54) is 0 Å². The summed E-state index contributed by atoms with van der Waals surface area (Å²) in [5, 5.41) is 9.88. The first kappa shape index (κ1) is 11.9. The maximum Gasteiger partial charge on any atom is 0.303 e. The Kier molecular flexibility index (Phi) is 5.88. The van der Waals surface area contributed by atoms with Gasteiger partial charge in [0, 0.05) is 26.9 Å². The summed E-state index contributed by atoms with van der Waals surface area (Å²) < 4.78 is 0. The second-order valence-corrected chi connectivity index (χ2v) is 3.03. The lowest BCUT2D eigenvalue weighted by atomic mass is 10.2. The molecule has 0 atom stereocenters. The Bertz CT molecular complexity index is 180. The van der Waals surface area contributed by atoms with Crippen molar-refractivity contribution >= 4 is 11.9 Å². The minimum Gasteiger partial charge on any atom is -0.481 e. The van der Waals surface area contributed by atoms with Crippen LogP contribution in [0.1, 0.15) is 25.7 Å². The summed E-state index contributed by atoms with van der Waals surface area (Å²) in [5.74, 6) is -0.886. The van der Waals surface area contributed by atoms with Crippen LogP contribution in [0.3, 0.4) is 0 Å². The van der Waals surface area contributed by atoms with E-state index in [0.29, 0.717) is 19.3 Å². The maximum atomic E-state index is 11.0. The Morgan fingerprint density at radius 3 is 2.23 bits per heavy atom. The molecule has 5 nitrogen and oxygen atoms in total. The van der Waals surface area contributed by atoms with E-state index in [9.17, 15) is 9.59 Å². The Labute approximate surface area is 77.7 Å². The van der Waals surface area contributed by atoms with Gasteiger partial charge in [0.05, 0.1) is 0 Å². The normalized spacial score (nSPS) is 10.1. The van der Waals surface area contributed by atoms with E-state index in [0.717, 1.165) is 0 Å². The van der Waals surface area contributed by atoms with Crippen molar-refractivity contribution in [2.45, 2.75) is 25.7 Å². The molecule has 0 aliphatic carbocycles. The molecule has 2 N–H and O–H groups in total. The number of carbonyl (C=O) groups is 2. The van der Waals surface area contributed by atoms with Gasteiger partial charge in [-0.05, 0) is 12.8 Å². The van der Waals surface area contributed by atoms with Crippen LogP contribution in [0.4, 0.5) is 0 Å². The minimum absolute atomic E-state index is 0.0737. The van der Waals surface area contributed by atoms with Gasteiger partial charge in [-0.2, -0.15) is 0 Å². The van der Waals surface area contributed by atoms with Crippen molar-refractivity contribution in [1.29, 1.82) is 0 Å². The number of hydrogen-bond donors (Lipinski definition) is 2. The van der Waals surface area contributed by atoms with Gasteiger partial charge in [-0.15, -0.1) is 0 Å². The maximum absolute atomic E-state index is 11.0. The number of carbonyl (C=O) groups excluding carboxylic acids is 1. The fraction of sp³-hybridized carbons (Fsp3) is 0.750. The highest BCUT2D eigenvalue weighted by molar-refractivity contribution is 5.75. The molecule has 0 fully saturated rings. The number of amides is 1. The molecule has 1 amide bonds. The zero-order chi connectivity index (χ0) is 10.3. The summed E-state index contributed by atoms with van der Waals surface area (Å²) in [5.41, 5.74) is 2.58. The Balaban J connectivity index is 3.32. The first-order valence-corrected chi connectivity index (χ1v) is 4.21. The summed E-state index contributed by atoms with van der Waals surface area (Å²) >= 11 is 0. The van der Waals surface area contributed by atoms with Crippen molar-refractivity contribution in [2.75, 3.05) is 14.1 Å². The molecular formula is C8H16N2O3. The van der Waals surface area contributed by atoms with Crippen molar-refractivity contribution in [3.8, 4) is 0 Å². The van der Waals surface area contributed by atoms with Crippen LogP contribution in [0.15, 0.2) is 0 Å². The molecule has 5 heteroatoms. The number of unbranched alkanes of at least 4 members (excludes halogenated alkanes) is 1. The highest BCUT2D eigenvalue weighted by Crippen LogP contribution is 1.99. The van der Waals surface area contributed by atoms with Crippen molar-refractivity contribution in [3.05, 3.63) is 0 Å². The number of nitrogens with zero attached hydrogens (tertiary/aromatic N) is 1. The molecule has 0 aromatic heterocycles. The smallest absolute Gasteiger partial charge is 0.303 e. The van der Waals surface area contributed by atoms with Gasteiger partial charge in [0.25, 0.3) is 0 Å². The Morgan fingerprint density at radius 2 is 1.77 bits per heavy atom. The topological polar surface area (TPSA) is 69.6 Å². The molecule has 13 heavy (non-hydrogen) atoms. The molecular weight excluding hydrogens is 172 g/mol. The molecule has 0 rings (SSSR count). The van der Waals surface area contributed by atoms with Crippen LogP contribution >= 0.6 is 0 Å². The average molecular weight is 188 g/mol. The second kappa shape index (κ2) is 6.42. The van der Waals surface area contributed by atoms with Crippen molar-refractivity contribution < 1.29 is 14.7 Å². The van der Waals surface area contributed by atoms with Crippen LogP contribution in [0.5, 0.6) is 0 Å². The average Bonchev–Trinajstić information content (AvgIpc) is 1.96.